The number of hydrogen-bond acceptors (Lipinski definition) is 1. The molecule has 0 amide bonds. The number of rotatable bonds is 12. The van der Waals surface area contributed by atoms with Gasteiger partial charge in [0.25, 0.3) is 19.3 Å². The van der Waals surface area contributed by atoms with Gasteiger partial charge >= 0.3 is 67.4 Å². The Labute approximate surface area is 334 Å². The van der Waals surface area contributed by atoms with Crippen LogP contribution in [0.4, 0.5) is 0 Å². The molecule has 0 heterocycles. The molecule has 7 nitrogen and oxygen atoms in total. The van der Waals surface area contributed by atoms with Gasteiger partial charge in [0.15, 0.2) is 33.4 Å². The van der Waals surface area contributed by atoms with E-state index in [2.05, 4.69) is 0 Å². The predicted molar refractivity (Wildman–Crippen MR) is 210 cm³/mol. The summed E-state index contributed by atoms with van der Waals surface area (Å²) in [6.45, 7) is 0. The third-order valence-electron chi connectivity index (χ3n) is 7.24. The Bertz CT molecular complexity index is 1650. The molecule has 6 aromatic rings. The molecule has 7 N–H and O–H groups in total. The molecular weight excluding hydrogens is 741 g/mol. The van der Waals surface area contributed by atoms with Crippen LogP contribution in [-0.2, 0) is 32.7 Å². The maximum absolute atomic E-state index is 9.83. The van der Waals surface area contributed by atoms with Crippen LogP contribution in [0, 0.1) is 19.3 Å². The zero-order chi connectivity index (χ0) is 36.3. The van der Waals surface area contributed by atoms with Crippen LogP contribution in [0.3, 0.4) is 0 Å². The summed E-state index contributed by atoms with van der Waals surface area (Å²) in [4.78, 5) is 59.0. The van der Waals surface area contributed by atoms with E-state index in [1.165, 1.54) is 19.3 Å². The molecular formula is C45H40O7Y+11. The fourth-order valence-electron chi connectivity index (χ4n) is 4.54. The minimum atomic E-state index is 0. The molecule has 6 rings (SSSR count). The summed E-state index contributed by atoms with van der Waals surface area (Å²) in [5.41, 5.74) is 4.06. The van der Waals surface area contributed by atoms with Crippen LogP contribution < -0.4 is 0 Å². The van der Waals surface area contributed by atoms with Crippen molar-refractivity contribution < 1.29 is 67.0 Å². The van der Waals surface area contributed by atoms with E-state index >= 15 is 0 Å². The summed E-state index contributed by atoms with van der Waals surface area (Å²) in [5.74, 6) is 0.289. The van der Waals surface area contributed by atoms with E-state index in [1.807, 2.05) is 109 Å². The van der Waals surface area contributed by atoms with Gasteiger partial charge in [-0.2, -0.15) is 0 Å². The quantitative estimate of drug-likeness (QED) is 0.0560. The molecule has 0 atom stereocenters. The van der Waals surface area contributed by atoms with Crippen molar-refractivity contribution in [2.24, 2.45) is 0 Å². The molecule has 0 fully saturated rings. The van der Waals surface area contributed by atoms with E-state index in [-0.39, 0.29) is 72.9 Å². The molecule has 0 radical (unpaired) electrons. The van der Waals surface area contributed by atoms with Gasteiger partial charge in [0.1, 0.15) is 0 Å². The Morgan fingerprint density at radius 1 is 0.245 bits per heavy atom. The van der Waals surface area contributed by atoms with Gasteiger partial charge in [0.05, 0.1) is 0 Å². The van der Waals surface area contributed by atoms with Crippen molar-refractivity contribution in [2.45, 2.75) is 0 Å². The van der Waals surface area contributed by atoms with Crippen LogP contribution in [0.25, 0.3) is 0 Å². The molecule has 0 aromatic heterocycles. The molecule has 0 spiro atoms. The van der Waals surface area contributed by atoms with E-state index in [9.17, 15) is 28.8 Å². The zero-order valence-corrected chi connectivity index (χ0v) is 31.6. The van der Waals surface area contributed by atoms with Gasteiger partial charge in [-0.25, -0.2) is 28.8 Å². The first-order valence-corrected chi connectivity index (χ1v) is 16.0. The summed E-state index contributed by atoms with van der Waals surface area (Å²) in [7, 11) is 0. The normalized spacial score (nSPS) is 9.28. The third-order valence-corrected chi connectivity index (χ3v) is 7.24. The summed E-state index contributed by atoms with van der Waals surface area (Å²) in [6.07, 6.45) is 4.06. The molecule has 0 saturated carbocycles. The van der Waals surface area contributed by atoms with Crippen LogP contribution in [0.1, 0.15) is 33.4 Å². The largest absolute Gasteiger partial charge is 3.00 e. The van der Waals surface area contributed by atoms with Gasteiger partial charge in [0.2, 0.25) is 0 Å². The minimum Gasteiger partial charge on any atom is -0.870 e. The van der Waals surface area contributed by atoms with E-state index < -0.39 is 0 Å². The van der Waals surface area contributed by atoms with Gasteiger partial charge < -0.3 is 5.48 Å². The number of carbonyl (C=O) groups excluding carboxylic acids is 6. The molecule has 0 aliphatic heterocycles. The molecule has 8 heteroatoms. The second-order valence-corrected chi connectivity index (χ2v) is 10.9. The molecule has 0 aliphatic rings. The Balaban J connectivity index is 0.000000270. The van der Waals surface area contributed by atoms with Crippen LogP contribution in [-0.4, -0.2) is 68.9 Å². The molecule has 0 unspecified atom stereocenters. The predicted octanol–water partition coefficient (Wildman–Crippen LogP) is 6.95. The Hall–Kier alpha value is -5.99. The van der Waals surface area contributed by atoms with Gasteiger partial charge in [-0.3, -0.25) is 0 Å². The fraction of sp³-hybridized carbons (Fsp3) is 0. The standard InChI is InChI=1S/3C15H11O2.H2O.Y/c3*16-14(12-7-3-1-4-8-12)11-15(17)13-9-5-2-6-10-13;;/h3*1-11H;1H2;/q3*+1;;+3/p+5. The van der Waals surface area contributed by atoms with Crippen LogP contribution in [0.15, 0.2) is 182 Å². The number of ketones is 6. The fourth-order valence-corrected chi connectivity index (χ4v) is 4.54. The SMILES string of the molecule is [OH+]=C([CH+]C(=[OH+])c1ccccc1)c1ccccc1.[OH+]=C([CH+]C(=[OH+])c1ccccc1)c1ccccc1.[OH+]=C([CH+]C(=[OH+])c1ccccc1)c1ccccc1.[OH-].[Y+3]. The molecule has 0 bridgehead atoms. The molecule has 53 heavy (non-hydrogen) atoms. The third kappa shape index (κ3) is 14.6. The second-order valence-electron chi connectivity index (χ2n) is 10.9. The smallest absolute Gasteiger partial charge is 0.870 e. The molecule has 6 aromatic carbocycles. The summed E-state index contributed by atoms with van der Waals surface area (Å²) in [5, 5.41) is 0. The maximum Gasteiger partial charge on any atom is 3.00 e. The van der Waals surface area contributed by atoms with E-state index in [0.29, 0.717) is 33.4 Å². The van der Waals surface area contributed by atoms with E-state index in [4.69, 9.17) is 0 Å². The summed E-state index contributed by atoms with van der Waals surface area (Å²) in [6, 6.07) is 54.6. The number of benzene rings is 6. The topological polar surface area (TPSA) is 158 Å². The van der Waals surface area contributed by atoms with E-state index in [0.717, 1.165) is 0 Å². The van der Waals surface area contributed by atoms with Crippen molar-refractivity contribution in [1.29, 1.82) is 0 Å². The van der Waals surface area contributed by atoms with Gasteiger partial charge in [-0.15, -0.1) is 0 Å². The number of hydrogen-bond donors (Lipinski definition) is 0. The Kier molecular flexibility index (Phi) is 19.1. The molecule has 254 valence electrons. The summed E-state index contributed by atoms with van der Waals surface area (Å²) < 4.78 is 0. The van der Waals surface area contributed by atoms with Gasteiger partial charge in [0, 0.05) is 72.8 Å². The van der Waals surface area contributed by atoms with Crippen molar-refractivity contribution in [1.82, 2.24) is 0 Å². The second kappa shape index (κ2) is 23.5. The van der Waals surface area contributed by atoms with Crippen LogP contribution in [0.2, 0.25) is 0 Å². The first-order valence-electron chi connectivity index (χ1n) is 16.0. The van der Waals surface area contributed by atoms with Crippen molar-refractivity contribution in [3.8, 4) is 0 Å². The monoisotopic (exact) mass is 781 g/mol. The Morgan fingerprint density at radius 2 is 0.358 bits per heavy atom. The molecule has 0 saturated heterocycles. The zero-order valence-electron chi connectivity index (χ0n) is 28.8. The first kappa shape index (κ1) is 43.2. The van der Waals surface area contributed by atoms with Crippen molar-refractivity contribution in [3.05, 3.63) is 235 Å². The van der Waals surface area contributed by atoms with Crippen LogP contribution in [0.5, 0.6) is 0 Å². The van der Waals surface area contributed by atoms with Gasteiger partial charge in [-0.1, -0.05) is 36.4 Å². The average Bonchev–Trinajstić information content (AvgIpc) is 3.20. The van der Waals surface area contributed by atoms with Crippen molar-refractivity contribution in [3.63, 3.8) is 0 Å². The first-order chi connectivity index (χ1) is 24.8. The summed E-state index contributed by atoms with van der Waals surface area (Å²) >= 11 is 0. The Morgan fingerprint density at radius 3 is 0.472 bits per heavy atom. The average molecular weight is 782 g/mol. The van der Waals surface area contributed by atoms with E-state index in [1.54, 1.807) is 72.8 Å². The maximum atomic E-state index is 9.83. The minimum absolute atomic E-state index is 0. The van der Waals surface area contributed by atoms with Crippen LogP contribution >= 0.6 is 0 Å². The van der Waals surface area contributed by atoms with Crippen molar-refractivity contribution in [2.75, 3.05) is 0 Å². The van der Waals surface area contributed by atoms with Crippen molar-refractivity contribution >= 4 is 34.7 Å². The molecule has 0 aliphatic carbocycles. The van der Waals surface area contributed by atoms with Gasteiger partial charge in [-0.05, 0) is 72.8 Å².